The molecule has 4 nitrogen and oxygen atoms in total. The first-order chi connectivity index (χ1) is 30.9. The number of para-hydroxylation sites is 2. The Hall–Kier alpha value is -7.17. The molecule has 11 aromatic rings. The van der Waals surface area contributed by atoms with Crippen LogP contribution >= 0.6 is 18.5 Å². The maximum absolute atomic E-state index is 13.4. The third-order valence-electron chi connectivity index (χ3n) is 13.3. The highest BCUT2D eigenvalue weighted by Crippen LogP contribution is 2.62. The van der Waals surface area contributed by atoms with Gasteiger partial charge in [0.1, 0.15) is 18.6 Å². The van der Waals surface area contributed by atoms with E-state index in [-0.39, 0.29) is 0 Å². The van der Waals surface area contributed by atoms with Crippen LogP contribution in [0.4, 0.5) is 0 Å². The first-order valence-electron chi connectivity index (χ1n) is 21.3. The summed E-state index contributed by atoms with van der Waals surface area (Å²) in [7, 11) is -2.51. The van der Waals surface area contributed by atoms with Crippen molar-refractivity contribution in [2.45, 2.75) is 5.41 Å². The average molecular weight is 845 g/mol. The quantitative estimate of drug-likeness (QED) is 0.131. The minimum atomic E-state index is -2.51. The van der Waals surface area contributed by atoms with Gasteiger partial charge in [-0.2, -0.15) is 0 Å². The van der Waals surface area contributed by atoms with E-state index in [1.54, 1.807) is 11.3 Å². The van der Waals surface area contributed by atoms with Crippen LogP contribution in [-0.4, -0.2) is 23.3 Å². The number of hydrogen-bond donors (Lipinski definition) is 0. The molecule has 0 N–H and O–H groups in total. The normalized spacial score (nSPS) is 13.6. The molecule has 13 rings (SSSR count). The predicted octanol–water partition coefficient (Wildman–Crippen LogP) is 14.9. The monoisotopic (exact) mass is 844 g/mol. The van der Waals surface area contributed by atoms with E-state index >= 15 is 0 Å². The molecule has 0 bridgehead atoms. The molecule has 0 unspecified atom stereocenters. The van der Waals surface area contributed by atoms with Gasteiger partial charge >= 0.3 is 0 Å². The summed E-state index contributed by atoms with van der Waals surface area (Å²) in [6, 6.07) is 66.9. The van der Waals surface area contributed by atoms with Crippen molar-refractivity contribution in [3.63, 3.8) is 0 Å². The number of thiophene rings is 1. The van der Waals surface area contributed by atoms with Gasteiger partial charge in [-0.3, -0.25) is 0 Å². The van der Waals surface area contributed by atoms with Crippen molar-refractivity contribution in [1.82, 2.24) is 9.97 Å². The molecule has 1 aliphatic carbocycles. The van der Waals surface area contributed by atoms with E-state index in [2.05, 4.69) is 176 Å². The van der Waals surface area contributed by atoms with Gasteiger partial charge in [-0.1, -0.05) is 158 Å². The SMILES string of the molecule is CP(C)(=O)c1cccc(-c2c3ccccc3c(-c3nc(-c4ccc5c(c4)C4(c6ccccc6Oc6ccccc64)c4ccccc4-5)c4sc5ccccc5c4n3)c3ccccc23)c1. The average Bonchev–Trinajstić information content (AvgIpc) is 3.84. The molecule has 0 saturated heterocycles. The molecule has 1 aliphatic heterocycles. The molecule has 0 atom stereocenters. The zero-order chi connectivity index (χ0) is 42.0. The molecular weight excluding hydrogens is 808 g/mol. The van der Waals surface area contributed by atoms with Crippen LogP contribution in [0.5, 0.6) is 11.5 Å². The molecule has 2 aromatic heterocycles. The smallest absolute Gasteiger partial charge is 0.161 e. The highest BCUT2D eigenvalue weighted by molar-refractivity contribution is 7.70. The first kappa shape index (κ1) is 36.5. The van der Waals surface area contributed by atoms with Gasteiger partial charge < -0.3 is 9.30 Å². The maximum atomic E-state index is 13.4. The Bertz CT molecular complexity index is 3700. The van der Waals surface area contributed by atoms with Crippen LogP contribution in [0.25, 0.3) is 86.7 Å². The van der Waals surface area contributed by atoms with Crippen LogP contribution in [-0.2, 0) is 9.98 Å². The molecular formula is C57H37N2O2PS. The van der Waals surface area contributed by atoms with E-state index in [9.17, 15) is 4.57 Å². The number of ether oxygens (including phenoxy) is 1. The molecule has 6 heteroatoms. The van der Waals surface area contributed by atoms with Crippen LogP contribution in [0.15, 0.2) is 188 Å². The first-order valence-corrected chi connectivity index (χ1v) is 24.7. The number of fused-ring (bicyclic) bond motifs is 14. The fourth-order valence-electron chi connectivity index (χ4n) is 10.6. The second-order valence-corrected chi connectivity index (χ2v) is 21.3. The van der Waals surface area contributed by atoms with Crippen molar-refractivity contribution in [3.8, 4) is 56.4 Å². The standard InChI is InChI=1S/C57H37N2O2PS/c1-62(2,60)36-17-15-16-34(32-36)51-39-19-3-5-21-41(39)52(42-22-6-4-20-40(42)51)56-58-53(55-54(59-56)43-23-8-14-29-50(43)63-55)35-30-31-38-37-18-7-9-24-44(37)57(47(38)33-35)45-25-10-12-27-48(45)61-49-28-13-11-26-46(49)57/h3-33H,1-2H3. The zero-order valence-corrected chi connectivity index (χ0v) is 36.2. The number of benzene rings is 9. The van der Waals surface area contributed by atoms with E-state index in [1.807, 2.05) is 25.5 Å². The molecule has 0 fully saturated rings. The second kappa shape index (κ2) is 13.4. The Morgan fingerprint density at radius 3 is 1.75 bits per heavy atom. The Labute approximate surface area is 368 Å². The van der Waals surface area contributed by atoms with Crippen molar-refractivity contribution in [2.75, 3.05) is 13.3 Å². The number of nitrogens with zero attached hydrogens (tertiary/aromatic N) is 2. The highest BCUT2D eigenvalue weighted by atomic mass is 32.1. The van der Waals surface area contributed by atoms with Gasteiger partial charge in [0.25, 0.3) is 0 Å². The van der Waals surface area contributed by atoms with Gasteiger partial charge in [-0.25, -0.2) is 9.97 Å². The summed E-state index contributed by atoms with van der Waals surface area (Å²) in [5.41, 5.74) is 12.6. The molecule has 1 spiro atoms. The second-order valence-electron chi connectivity index (χ2n) is 17.1. The maximum Gasteiger partial charge on any atom is 0.161 e. The van der Waals surface area contributed by atoms with Crippen molar-refractivity contribution < 1.29 is 9.30 Å². The summed E-state index contributed by atoms with van der Waals surface area (Å²) >= 11 is 1.75. The summed E-state index contributed by atoms with van der Waals surface area (Å²) in [6.07, 6.45) is 0. The predicted molar refractivity (Wildman–Crippen MR) is 263 cm³/mol. The molecule has 9 aromatic carbocycles. The molecule has 63 heavy (non-hydrogen) atoms. The van der Waals surface area contributed by atoms with Crippen LogP contribution in [0.2, 0.25) is 0 Å². The Kier molecular flexibility index (Phi) is 7.77. The zero-order valence-electron chi connectivity index (χ0n) is 34.5. The van der Waals surface area contributed by atoms with Gasteiger partial charge in [0.05, 0.1) is 21.3 Å². The van der Waals surface area contributed by atoms with Crippen molar-refractivity contribution >= 4 is 65.6 Å². The minimum Gasteiger partial charge on any atom is -0.457 e. The lowest BCUT2D eigenvalue weighted by atomic mass is 9.66. The lowest BCUT2D eigenvalue weighted by Crippen LogP contribution is -2.32. The van der Waals surface area contributed by atoms with E-state index in [0.29, 0.717) is 5.82 Å². The summed E-state index contributed by atoms with van der Waals surface area (Å²) in [5.74, 6) is 2.42. The van der Waals surface area contributed by atoms with Crippen molar-refractivity contribution in [1.29, 1.82) is 0 Å². The van der Waals surface area contributed by atoms with Crippen LogP contribution in [0, 0.1) is 0 Å². The summed E-state index contributed by atoms with van der Waals surface area (Å²) in [4.78, 5) is 11.3. The lowest BCUT2D eigenvalue weighted by molar-refractivity contribution is 0.436. The fourth-order valence-corrected chi connectivity index (χ4v) is 12.6. The number of aromatic nitrogens is 2. The van der Waals surface area contributed by atoms with E-state index in [0.717, 1.165) is 93.0 Å². The topological polar surface area (TPSA) is 52.1 Å². The van der Waals surface area contributed by atoms with Gasteiger partial charge in [-0.15, -0.1) is 11.3 Å². The Balaban J connectivity index is 1.12. The van der Waals surface area contributed by atoms with Gasteiger partial charge in [0.2, 0.25) is 0 Å². The Morgan fingerprint density at radius 2 is 1.06 bits per heavy atom. The molecule has 0 saturated carbocycles. The van der Waals surface area contributed by atoms with Gasteiger partial charge in [0, 0.05) is 37.6 Å². The number of rotatable bonds is 4. The molecule has 2 aliphatic rings. The third kappa shape index (κ3) is 5.18. The van der Waals surface area contributed by atoms with E-state index in [1.165, 1.54) is 27.0 Å². The summed E-state index contributed by atoms with van der Waals surface area (Å²) in [5, 5.41) is 6.31. The molecule has 3 heterocycles. The molecule has 0 amide bonds. The minimum absolute atomic E-state index is 0.606. The highest BCUT2D eigenvalue weighted by Gasteiger charge is 2.51. The lowest BCUT2D eigenvalue weighted by Gasteiger charge is -2.39. The van der Waals surface area contributed by atoms with Crippen LogP contribution in [0.3, 0.4) is 0 Å². The molecule has 0 radical (unpaired) electrons. The van der Waals surface area contributed by atoms with Gasteiger partial charge in [-0.05, 0) is 98.6 Å². The summed E-state index contributed by atoms with van der Waals surface area (Å²) < 4.78 is 22.3. The van der Waals surface area contributed by atoms with Crippen molar-refractivity contribution in [3.05, 3.63) is 210 Å². The van der Waals surface area contributed by atoms with E-state index in [4.69, 9.17) is 14.7 Å². The third-order valence-corrected chi connectivity index (χ3v) is 15.9. The number of hydrogen-bond acceptors (Lipinski definition) is 5. The van der Waals surface area contributed by atoms with Crippen LogP contribution < -0.4 is 10.0 Å². The molecule has 298 valence electrons. The van der Waals surface area contributed by atoms with Gasteiger partial charge in [0.15, 0.2) is 5.82 Å². The van der Waals surface area contributed by atoms with Crippen LogP contribution in [0.1, 0.15) is 22.3 Å². The van der Waals surface area contributed by atoms with Crippen molar-refractivity contribution in [2.24, 2.45) is 0 Å². The largest absolute Gasteiger partial charge is 0.457 e. The van der Waals surface area contributed by atoms with E-state index < -0.39 is 12.6 Å². The summed E-state index contributed by atoms with van der Waals surface area (Å²) in [6.45, 7) is 3.68. The fraction of sp³-hybridized carbons (Fsp3) is 0.0526. The Morgan fingerprint density at radius 1 is 0.492 bits per heavy atom.